The summed E-state index contributed by atoms with van der Waals surface area (Å²) in [6.45, 7) is 2.14. The van der Waals surface area contributed by atoms with Gasteiger partial charge in [-0.15, -0.1) is 11.3 Å². The molecule has 1 aromatic heterocycles. The van der Waals surface area contributed by atoms with E-state index in [-0.39, 0.29) is 12.1 Å². The third kappa shape index (κ3) is 4.96. The zero-order valence-corrected chi connectivity index (χ0v) is 15.3. The van der Waals surface area contributed by atoms with Crippen molar-refractivity contribution in [3.8, 4) is 5.75 Å². The van der Waals surface area contributed by atoms with Crippen LogP contribution in [0.5, 0.6) is 5.75 Å². The number of amides is 2. The van der Waals surface area contributed by atoms with E-state index >= 15 is 0 Å². The van der Waals surface area contributed by atoms with Crippen LogP contribution in [0, 0.1) is 0 Å². The molecule has 0 aliphatic carbocycles. The molecule has 6 heteroatoms. The van der Waals surface area contributed by atoms with Crippen LogP contribution in [-0.4, -0.2) is 43.8 Å². The SMILES string of the molecule is COc1cccc(NC(=O)N(CCc2cccs2)C2CCOCC2)c1. The highest BCUT2D eigenvalue weighted by Gasteiger charge is 2.25. The molecule has 3 rings (SSSR count). The number of anilines is 1. The molecule has 0 unspecified atom stereocenters. The Balaban J connectivity index is 1.68. The van der Waals surface area contributed by atoms with Crippen molar-refractivity contribution in [2.45, 2.75) is 25.3 Å². The Morgan fingerprint density at radius 3 is 2.88 bits per heavy atom. The molecule has 5 nitrogen and oxygen atoms in total. The van der Waals surface area contributed by atoms with Crippen LogP contribution in [0.1, 0.15) is 17.7 Å². The van der Waals surface area contributed by atoms with Gasteiger partial charge in [0.25, 0.3) is 0 Å². The van der Waals surface area contributed by atoms with Gasteiger partial charge < -0.3 is 19.7 Å². The summed E-state index contributed by atoms with van der Waals surface area (Å²) in [4.78, 5) is 16.2. The molecule has 0 bridgehead atoms. The molecule has 0 saturated carbocycles. The van der Waals surface area contributed by atoms with E-state index in [1.807, 2.05) is 29.2 Å². The molecule has 2 heterocycles. The lowest BCUT2D eigenvalue weighted by atomic mass is 10.1. The monoisotopic (exact) mass is 360 g/mol. The highest BCUT2D eigenvalue weighted by molar-refractivity contribution is 7.09. The van der Waals surface area contributed by atoms with Crippen molar-refractivity contribution in [1.82, 2.24) is 4.90 Å². The number of urea groups is 1. The lowest BCUT2D eigenvalue weighted by molar-refractivity contribution is 0.0484. The molecular formula is C19H24N2O3S. The standard InChI is InChI=1S/C19H24N2O3S/c1-23-17-5-2-4-15(14-17)20-19(22)21(16-8-11-24-12-9-16)10-7-18-6-3-13-25-18/h2-6,13-14,16H,7-12H2,1H3,(H,20,22). The van der Waals surface area contributed by atoms with Gasteiger partial charge in [0.05, 0.1) is 7.11 Å². The third-order valence-electron chi connectivity index (χ3n) is 4.39. The van der Waals surface area contributed by atoms with Crippen molar-refractivity contribution in [3.63, 3.8) is 0 Å². The van der Waals surface area contributed by atoms with Gasteiger partial charge in [-0.3, -0.25) is 0 Å². The van der Waals surface area contributed by atoms with Gasteiger partial charge in [-0.1, -0.05) is 12.1 Å². The summed E-state index contributed by atoms with van der Waals surface area (Å²) in [5.74, 6) is 0.731. The Morgan fingerprint density at radius 2 is 2.16 bits per heavy atom. The first-order chi connectivity index (χ1) is 12.3. The number of nitrogens with zero attached hydrogens (tertiary/aromatic N) is 1. The van der Waals surface area contributed by atoms with Crippen LogP contribution in [-0.2, 0) is 11.2 Å². The number of thiophene rings is 1. The van der Waals surface area contributed by atoms with E-state index in [1.165, 1.54) is 4.88 Å². The van der Waals surface area contributed by atoms with E-state index in [0.717, 1.165) is 30.7 Å². The number of nitrogens with one attached hydrogen (secondary N) is 1. The van der Waals surface area contributed by atoms with Gasteiger partial charge in [0, 0.05) is 42.4 Å². The van der Waals surface area contributed by atoms with Crippen molar-refractivity contribution < 1.29 is 14.3 Å². The zero-order chi connectivity index (χ0) is 17.5. The van der Waals surface area contributed by atoms with Gasteiger partial charge in [-0.2, -0.15) is 0 Å². The van der Waals surface area contributed by atoms with Gasteiger partial charge in [0.1, 0.15) is 5.75 Å². The zero-order valence-electron chi connectivity index (χ0n) is 14.4. The number of carbonyl (C=O) groups is 1. The minimum absolute atomic E-state index is 0.0586. The van der Waals surface area contributed by atoms with Gasteiger partial charge in [0.2, 0.25) is 0 Å². The van der Waals surface area contributed by atoms with Gasteiger partial charge in [0.15, 0.2) is 0 Å². The largest absolute Gasteiger partial charge is 0.497 e. The molecule has 134 valence electrons. The molecular weight excluding hydrogens is 336 g/mol. The molecule has 2 amide bonds. The van der Waals surface area contributed by atoms with Crippen LogP contribution >= 0.6 is 11.3 Å². The van der Waals surface area contributed by atoms with E-state index in [9.17, 15) is 4.79 Å². The fraction of sp³-hybridized carbons (Fsp3) is 0.421. The average molecular weight is 360 g/mol. The van der Waals surface area contributed by atoms with Crippen molar-refractivity contribution in [1.29, 1.82) is 0 Å². The predicted molar refractivity (Wildman–Crippen MR) is 101 cm³/mol. The number of hydrogen-bond acceptors (Lipinski definition) is 4. The summed E-state index contributed by atoms with van der Waals surface area (Å²) in [5, 5.41) is 5.09. The second-order valence-electron chi connectivity index (χ2n) is 6.03. The van der Waals surface area contributed by atoms with Crippen LogP contribution in [0.15, 0.2) is 41.8 Å². The van der Waals surface area contributed by atoms with Gasteiger partial charge in [-0.05, 0) is 42.8 Å². The molecule has 1 fully saturated rings. The topological polar surface area (TPSA) is 50.8 Å². The fourth-order valence-electron chi connectivity index (χ4n) is 3.03. The van der Waals surface area contributed by atoms with Gasteiger partial charge in [-0.25, -0.2) is 4.79 Å². The van der Waals surface area contributed by atoms with Crippen LogP contribution < -0.4 is 10.1 Å². The lowest BCUT2D eigenvalue weighted by Gasteiger charge is -2.34. The fourth-order valence-corrected chi connectivity index (χ4v) is 3.73. The molecule has 1 aromatic carbocycles. The number of benzene rings is 1. The van der Waals surface area contributed by atoms with Crippen LogP contribution in [0.25, 0.3) is 0 Å². The number of rotatable bonds is 6. The van der Waals surface area contributed by atoms with Crippen LogP contribution in [0.2, 0.25) is 0 Å². The smallest absolute Gasteiger partial charge is 0.322 e. The molecule has 0 spiro atoms. The van der Waals surface area contributed by atoms with E-state index in [4.69, 9.17) is 9.47 Å². The number of hydrogen-bond donors (Lipinski definition) is 1. The first-order valence-electron chi connectivity index (χ1n) is 8.58. The quantitative estimate of drug-likeness (QED) is 0.847. The maximum Gasteiger partial charge on any atom is 0.322 e. The number of methoxy groups -OCH3 is 1. The lowest BCUT2D eigenvalue weighted by Crippen LogP contribution is -2.46. The summed E-state index contributed by atoms with van der Waals surface area (Å²) in [5.41, 5.74) is 0.748. The molecule has 1 saturated heterocycles. The normalized spacial score (nSPS) is 14.9. The molecule has 1 aliphatic heterocycles. The first-order valence-corrected chi connectivity index (χ1v) is 9.46. The van der Waals surface area contributed by atoms with Crippen LogP contribution in [0.4, 0.5) is 10.5 Å². The Labute approximate surface area is 152 Å². The number of ether oxygens (including phenoxy) is 2. The Hall–Kier alpha value is -2.05. The van der Waals surface area contributed by atoms with Crippen molar-refractivity contribution >= 4 is 23.1 Å². The summed E-state index contributed by atoms with van der Waals surface area (Å²) in [6, 6.07) is 11.8. The van der Waals surface area contributed by atoms with E-state index < -0.39 is 0 Å². The van der Waals surface area contributed by atoms with E-state index in [2.05, 4.69) is 22.8 Å². The van der Waals surface area contributed by atoms with Crippen molar-refractivity contribution in [3.05, 3.63) is 46.7 Å². The highest BCUT2D eigenvalue weighted by Crippen LogP contribution is 2.21. The van der Waals surface area contributed by atoms with Gasteiger partial charge >= 0.3 is 6.03 Å². The minimum atomic E-state index is -0.0586. The van der Waals surface area contributed by atoms with E-state index in [0.29, 0.717) is 19.8 Å². The second kappa shape index (κ2) is 8.87. The maximum atomic E-state index is 12.9. The Morgan fingerprint density at radius 1 is 1.32 bits per heavy atom. The average Bonchev–Trinajstić information content (AvgIpc) is 3.16. The minimum Gasteiger partial charge on any atom is -0.497 e. The predicted octanol–water partition coefficient (Wildman–Crippen LogP) is 4.01. The first kappa shape index (κ1) is 17.8. The Bertz CT molecular complexity index is 669. The molecule has 1 N–H and O–H groups in total. The summed E-state index contributed by atoms with van der Waals surface area (Å²) in [7, 11) is 1.62. The molecule has 0 atom stereocenters. The maximum absolute atomic E-state index is 12.9. The van der Waals surface area contributed by atoms with Crippen molar-refractivity contribution in [2.24, 2.45) is 0 Å². The molecule has 0 radical (unpaired) electrons. The summed E-state index contributed by atoms with van der Waals surface area (Å²) < 4.78 is 10.7. The summed E-state index contributed by atoms with van der Waals surface area (Å²) in [6.07, 6.45) is 2.65. The van der Waals surface area contributed by atoms with Crippen molar-refractivity contribution in [2.75, 3.05) is 32.2 Å². The third-order valence-corrected chi connectivity index (χ3v) is 5.33. The Kier molecular flexibility index (Phi) is 6.30. The highest BCUT2D eigenvalue weighted by atomic mass is 32.1. The summed E-state index contributed by atoms with van der Waals surface area (Å²) >= 11 is 1.73. The molecule has 1 aliphatic rings. The second-order valence-corrected chi connectivity index (χ2v) is 7.06. The molecule has 2 aromatic rings. The van der Waals surface area contributed by atoms with Crippen LogP contribution in [0.3, 0.4) is 0 Å². The number of carbonyl (C=O) groups excluding carboxylic acids is 1. The van der Waals surface area contributed by atoms with E-state index in [1.54, 1.807) is 18.4 Å². The molecule has 25 heavy (non-hydrogen) atoms.